The summed E-state index contributed by atoms with van der Waals surface area (Å²) in [5.74, 6) is -1.15. The molecule has 0 unspecified atom stereocenters. The molecule has 0 radical (unpaired) electrons. The van der Waals surface area contributed by atoms with Crippen molar-refractivity contribution in [3.8, 4) is 0 Å². The average molecular weight is 475 g/mol. The van der Waals surface area contributed by atoms with E-state index in [4.69, 9.17) is 4.74 Å². The molecular formula is C27H30N4O4. The number of methoxy groups -OCH3 is 1. The van der Waals surface area contributed by atoms with Crippen molar-refractivity contribution in [1.82, 2.24) is 14.1 Å². The number of ether oxygens (including phenoxy) is 1. The summed E-state index contributed by atoms with van der Waals surface area (Å²) in [4.78, 5) is 45.5. The molecule has 8 heteroatoms. The van der Waals surface area contributed by atoms with Crippen LogP contribution in [0.5, 0.6) is 0 Å². The summed E-state index contributed by atoms with van der Waals surface area (Å²) in [5, 5.41) is 0. The molecule has 8 nitrogen and oxygen atoms in total. The largest absolute Gasteiger partial charge is 0.469 e. The van der Waals surface area contributed by atoms with Crippen LogP contribution in [0.15, 0.2) is 69.2 Å². The van der Waals surface area contributed by atoms with Gasteiger partial charge >= 0.3 is 17.3 Å². The Balaban J connectivity index is 1.79. The number of aromatic nitrogens is 3. The summed E-state index contributed by atoms with van der Waals surface area (Å²) >= 11 is 0. The molecule has 0 saturated heterocycles. The monoisotopic (exact) mass is 474 g/mol. The molecule has 0 fully saturated rings. The van der Waals surface area contributed by atoms with E-state index in [1.54, 1.807) is 6.92 Å². The van der Waals surface area contributed by atoms with Crippen LogP contribution < -0.4 is 17.0 Å². The van der Waals surface area contributed by atoms with Crippen molar-refractivity contribution >= 4 is 17.2 Å². The highest BCUT2D eigenvalue weighted by Gasteiger charge is 2.18. The third-order valence-corrected chi connectivity index (χ3v) is 6.22. The van der Waals surface area contributed by atoms with Gasteiger partial charge in [-0.2, -0.15) is 0 Å². The number of esters is 1. The number of hydrogen-bond donors (Lipinski definition) is 1. The number of allylic oxidation sites excluding steroid dienone is 2. The summed E-state index contributed by atoms with van der Waals surface area (Å²) < 4.78 is 7.19. The van der Waals surface area contributed by atoms with Crippen molar-refractivity contribution in [2.24, 2.45) is 10.9 Å². The van der Waals surface area contributed by atoms with E-state index in [1.165, 1.54) is 23.7 Å². The fourth-order valence-corrected chi connectivity index (χ4v) is 4.18. The highest BCUT2D eigenvalue weighted by molar-refractivity contribution is 5.71. The van der Waals surface area contributed by atoms with Crippen LogP contribution in [0, 0.1) is 12.8 Å². The van der Waals surface area contributed by atoms with E-state index in [2.05, 4.69) is 16.1 Å². The average Bonchev–Trinajstić information content (AvgIpc) is 3.40. The van der Waals surface area contributed by atoms with Crippen LogP contribution >= 0.6 is 0 Å². The summed E-state index contributed by atoms with van der Waals surface area (Å²) in [6, 6.07) is 15.6. The predicted octanol–water partition coefficient (Wildman–Crippen LogP) is 3.30. The lowest BCUT2D eigenvalue weighted by molar-refractivity contribution is -0.145. The minimum atomic E-state index is -0.660. The number of rotatable bonds is 7. The van der Waals surface area contributed by atoms with Gasteiger partial charge < -0.3 is 4.74 Å². The summed E-state index contributed by atoms with van der Waals surface area (Å²) in [5.41, 5.74) is 4.09. The van der Waals surface area contributed by atoms with Gasteiger partial charge in [-0.05, 0) is 55.0 Å². The summed E-state index contributed by atoms with van der Waals surface area (Å²) in [6.45, 7) is 3.72. The van der Waals surface area contributed by atoms with Gasteiger partial charge in [0.1, 0.15) is 0 Å². The van der Waals surface area contributed by atoms with E-state index in [0.717, 1.165) is 34.1 Å². The van der Waals surface area contributed by atoms with Gasteiger partial charge in [0.25, 0.3) is 0 Å². The van der Waals surface area contributed by atoms with Crippen molar-refractivity contribution in [3.63, 3.8) is 0 Å². The quantitative estimate of drug-likeness (QED) is 0.531. The van der Waals surface area contributed by atoms with Gasteiger partial charge in [-0.3, -0.25) is 14.3 Å². The second-order valence-electron chi connectivity index (χ2n) is 8.92. The summed E-state index contributed by atoms with van der Waals surface area (Å²) in [6.07, 6.45) is 5.61. The Morgan fingerprint density at radius 3 is 2.43 bits per heavy atom. The first kappa shape index (κ1) is 24.2. The van der Waals surface area contributed by atoms with Crippen LogP contribution in [0.4, 0.5) is 5.69 Å². The number of carbonyl (C=O) groups excluding carboxylic acids is 1. The van der Waals surface area contributed by atoms with Crippen molar-refractivity contribution in [3.05, 3.63) is 97.9 Å². The molecule has 1 N–H and O–H groups in total. The van der Waals surface area contributed by atoms with E-state index < -0.39 is 23.3 Å². The van der Waals surface area contributed by atoms with E-state index in [1.807, 2.05) is 55.5 Å². The Morgan fingerprint density at radius 1 is 1.09 bits per heavy atom. The fourth-order valence-electron chi connectivity index (χ4n) is 4.18. The maximum absolute atomic E-state index is 13.4. The molecule has 1 aliphatic rings. The van der Waals surface area contributed by atoms with Crippen LogP contribution in [-0.2, 0) is 22.6 Å². The Morgan fingerprint density at radius 2 is 1.80 bits per heavy atom. The molecular weight excluding hydrogens is 444 g/mol. The zero-order valence-electron chi connectivity index (χ0n) is 20.3. The Labute approximate surface area is 203 Å². The van der Waals surface area contributed by atoms with Gasteiger partial charge in [0.2, 0.25) is 5.62 Å². The SMILES string of the molecule is COC(=O)[C@@H](C)Cn1c(=O)[nH]/c(=N\c2ccc(C3=CCCC3)cc2)n(Cc2ccc(C)cc2)c1=O. The molecule has 182 valence electrons. The first-order chi connectivity index (χ1) is 16.9. The van der Waals surface area contributed by atoms with Crippen LogP contribution in [0.2, 0.25) is 0 Å². The fraction of sp³-hybridized carbons (Fsp3) is 0.333. The standard InChI is InChI=1S/C27H30N4O4/c1-18-8-10-20(11-9-18)17-30-25(28-23-14-12-22(13-15-23)21-6-4-5-7-21)29-26(33)31(27(30)34)16-19(2)24(32)35-3/h6,8-15,19H,4-5,7,16-17H2,1-3H3,(H,28,29,33)/t19-/m0/s1. The lowest BCUT2D eigenvalue weighted by Gasteiger charge is -2.14. The van der Waals surface area contributed by atoms with Crippen molar-refractivity contribution < 1.29 is 9.53 Å². The number of aromatic amines is 1. The zero-order chi connectivity index (χ0) is 24.9. The molecule has 0 amide bonds. The van der Waals surface area contributed by atoms with Gasteiger partial charge in [-0.25, -0.2) is 19.1 Å². The number of aryl methyl sites for hydroxylation is 1. The molecule has 1 aromatic heterocycles. The molecule has 0 bridgehead atoms. The van der Waals surface area contributed by atoms with Gasteiger partial charge in [-0.1, -0.05) is 55.0 Å². The molecule has 0 saturated carbocycles. The van der Waals surface area contributed by atoms with Crippen LogP contribution in [0.3, 0.4) is 0 Å². The predicted molar refractivity (Wildman–Crippen MR) is 134 cm³/mol. The zero-order valence-corrected chi connectivity index (χ0v) is 20.3. The van der Waals surface area contributed by atoms with Crippen molar-refractivity contribution in [1.29, 1.82) is 0 Å². The second kappa shape index (κ2) is 10.5. The second-order valence-corrected chi connectivity index (χ2v) is 8.92. The Kier molecular flexibility index (Phi) is 7.29. The number of nitrogens with one attached hydrogen (secondary N) is 1. The lowest BCUT2D eigenvalue weighted by atomic mass is 10.1. The van der Waals surface area contributed by atoms with E-state index in [-0.39, 0.29) is 18.7 Å². The Bertz CT molecular complexity index is 1420. The molecule has 1 heterocycles. The molecule has 35 heavy (non-hydrogen) atoms. The topological polar surface area (TPSA) is 98.4 Å². The third kappa shape index (κ3) is 5.59. The normalized spacial score (nSPS) is 14.6. The number of hydrogen-bond acceptors (Lipinski definition) is 5. The first-order valence-electron chi connectivity index (χ1n) is 11.8. The molecule has 1 atom stereocenters. The van der Waals surface area contributed by atoms with E-state index in [9.17, 15) is 14.4 Å². The molecule has 0 aliphatic heterocycles. The summed E-state index contributed by atoms with van der Waals surface area (Å²) in [7, 11) is 1.28. The van der Waals surface area contributed by atoms with Crippen LogP contribution in [0.25, 0.3) is 5.57 Å². The minimum Gasteiger partial charge on any atom is -0.469 e. The van der Waals surface area contributed by atoms with E-state index >= 15 is 0 Å². The van der Waals surface area contributed by atoms with Crippen LogP contribution in [0.1, 0.15) is 42.9 Å². The number of nitrogens with zero attached hydrogens (tertiary/aromatic N) is 3. The maximum atomic E-state index is 13.4. The number of benzene rings is 2. The first-order valence-corrected chi connectivity index (χ1v) is 11.8. The van der Waals surface area contributed by atoms with Crippen molar-refractivity contribution in [2.75, 3.05) is 7.11 Å². The van der Waals surface area contributed by atoms with Gasteiger partial charge in [0, 0.05) is 6.54 Å². The van der Waals surface area contributed by atoms with Crippen molar-refractivity contribution in [2.45, 2.75) is 46.2 Å². The van der Waals surface area contributed by atoms with Gasteiger partial charge in [0.05, 0.1) is 25.3 Å². The highest BCUT2D eigenvalue weighted by Crippen LogP contribution is 2.28. The number of H-pyrrole nitrogens is 1. The van der Waals surface area contributed by atoms with Gasteiger partial charge in [-0.15, -0.1) is 0 Å². The molecule has 2 aromatic carbocycles. The number of carbonyl (C=O) groups is 1. The lowest BCUT2D eigenvalue weighted by Crippen LogP contribution is -2.51. The highest BCUT2D eigenvalue weighted by atomic mass is 16.5. The van der Waals surface area contributed by atoms with E-state index in [0.29, 0.717) is 5.69 Å². The minimum absolute atomic E-state index is 0.0984. The molecule has 1 aliphatic carbocycles. The molecule has 0 spiro atoms. The smallest absolute Gasteiger partial charge is 0.335 e. The van der Waals surface area contributed by atoms with Crippen LogP contribution in [-0.4, -0.2) is 27.2 Å². The Hall–Kier alpha value is -3.94. The third-order valence-electron chi connectivity index (χ3n) is 6.22. The maximum Gasteiger partial charge on any atom is 0.335 e. The molecule has 4 rings (SSSR count). The molecule has 3 aromatic rings. The van der Waals surface area contributed by atoms with Gasteiger partial charge in [0.15, 0.2) is 0 Å².